The Labute approximate surface area is 154 Å². The van der Waals surface area contributed by atoms with E-state index in [0.29, 0.717) is 0 Å². The number of carbonyl (C=O) groups excluding carboxylic acids is 1. The number of alkyl halides is 6. The van der Waals surface area contributed by atoms with Gasteiger partial charge in [-0.2, -0.15) is 34.8 Å². The number of hydrogen-bond acceptors (Lipinski definition) is 3. The average Bonchev–Trinajstić information content (AvgIpc) is 2.53. The van der Waals surface area contributed by atoms with Crippen LogP contribution in [0.1, 0.15) is 27.0 Å². The summed E-state index contributed by atoms with van der Waals surface area (Å²) in [6.07, 6.45) is -10.3. The van der Waals surface area contributed by atoms with Gasteiger partial charge in [-0.1, -0.05) is 6.07 Å². The first-order chi connectivity index (χ1) is 12.6. The SMILES string of the molecule is Cc1ccc(NC(=O)c2cc(C(F)(F)F)cc(C(F)(F)F)c2)cc1S(=O)(=O)O. The van der Waals surface area contributed by atoms with E-state index in [1.165, 1.54) is 19.1 Å². The summed E-state index contributed by atoms with van der Waals surface area (Å²) in [5.74, 6) is -1.33. The number of carbonyl (C=O) groups is 1. The highest BCUT2D eigenvalue weighted by atomic mass is 32.2. The Balaban J connectivity index is 2.47. The van der Waals surface area contributed by atoms with E-state index in [0.717, 1.165) is 6.07 Å². The molecule has 12 heteroatoms. The van der Waals surface area contributed by atoms with Crippen molar-refractivity contribution in [2.75, 3.05) is 5.32 Å². The summed E-state index contributed by atoms with van der Waals surface area (Å²) in [6.45, 7) is 1.33. The third-order valence-electron chi connectivity index (χ3n) is 3.57. The summed E-state index contributed by atoms with van der Waals surface area (Å²) in [5.41, 5.74) is -4.42. The van der Waals surface area contributed by atoms with E-state index in [9.17, 15) is 39.6 Å². The molecule has 0 saturated heterocycles. The van der Waals surface area contributed by atoms with E-state index in [2.05, 4.69) is 0 Å². The normalized spacial score (nSPS) is 12.7. The van der Waals surface area contributed by atoms with Gasteiger partial charge in [-0.15, -0.1) is 0 Å². The van der Waals surface area contributed by atoms with Crippen LogP contribution in [-0.2, 0) is 22.5 Å². The molecule has 5 nitrogen and oxygen atoms in total. The quantitative estimate of drug-likeness (QED) is 0.557. The van der Waals surface area contributed by atoms with Crippen molar-refractivity contribution < 1.29 is 44.1 Å². The number of aryl methyl sites for hydroxylation is 1. The molecule has 152 valence electrons. The lowest BCUT2D eigenvalue weighted by Crippen LogP contribution is -2.17. The van der Waals surface area contributed by atoms with Crippen LogP contribution in [0.5, 0.6) is 0 Å². The second kappa shape index (κ2) is 7.09. The number of halogens is 6. The standard InChI is InChI=1S/C16H11F6NO4S/c1-8-2-3-12(7-13(8)28(25,26)27)23-14(24)9-4-10(15(17,18)19)6-11(5-9)16(20,21)22/h2-7H,1H3,(H,23,24)(H,25,26,27). The molecule has 0 saturated carbocycles. The molecule has 2 aromatic rings. The first-order valence-corrected chi connectivity index (χ1v) is 8.72. The van der Waals surface area contributed by atoms with Crippen LogP contribution in [0.2, 0.25) is 0 Å². The fraction of sp³-hybridized carbons (Fsp3) is 0.188. The highest BCUT2D eigenvalue weighted by molar-refractivity contribution is 7.85. The molecule has 0 aromatic heterocycles. The van der Waals surface area contributed by atoms with E-state index >= 15 is 0 Å². The Morgan fingerprint density at radius 2 is 1.43 bits per heavy atom. The molecule has 0 atom stereocenters. The van der Waals surface area contributed by atoms with Crippen molar-refractivity contribution in [3.63, 3.8) is 0 Å². The van der Waals surface area contributed by atoms with Crippen LogP contribution in [-0.4, -0.2) is 18.9 Å². The minimum absolute atomic E-state index is 0.110. The van der Waals surface area contributed by atoms with Crippen molar-refractivity contribution in [3.05, 3.63) is 58.7 Å². The molecule has 2 aromatic carbocycles. The Bertz CT molecular complexity index is 996. The fourth-order valence-corrected chi connectivity index (χ4v) is 3.00. The second-order valence-electron chi connectivity index (χ2n) is 5.70. The lowest BCUT2D eigenvalue weighted by Gasteiger charge is -2.14. The van der Waals surface area contributed by atoms with Crippen LogP contribution in [0.4, 0.5) is 32.0 Å². The molecule has 0 aliphatic carbocycles. The predicted molar refractivity (Wildman–Crippen MR) is 85.4 cm³/mol. The zero-order valence-corrected chi connectivity index (χ0v) is 14.6. The second-order valence-corrected chi connectivity index (χ2v) is 7.09. The van der Waals surface area contributed by atoms with Gasteiger partial charge in [-0.25, -0.2) is 0 Å². The van der Waals surface area contributed by atoms with Crippen molar-refractivity contribution in [3.8, 4) is 0 Å². The number of hydrogen-bond donors (Lipinski definition) is 2. The molecule has 0 bridgehead atoms. The Hall–Kier alpha value is -2.60. The van der Waals surface area contributed by atoms with Gasteiger partial charge in [0, 0.05) is 11.3 Å². The largest absolute Gasteiger partial charge is 0.416 e. The zero-order valence-electron chi connectivity index (χ0n) is 13.8. The van der Waals surface area contributed by atoms with Gasteiger partial charge in [-0.05, 0) is 42.8 Å². The van der Waals surface area contributed by atoms with Gasteiger partial charge in [0.15, 0.2) is 0 Å². The first kappa shape index (κ1) is 21.7. The zero-order chi connectivity index (χ0) is 21.5. The van der Waals surface area contributed by atoms with Gasteiger partial charge in [0.2, 0.25) is 0 Å². The topological polar surface area (TPSA) is 83.5 Å². The maximum Gasteiger partial charge on any atom is 0.416 e. The highest BCUT2D eigenvalue weighted by Gasteiger charge is 2.37. The lowest BCUT2D eigenvalue weighted by molar-refractivity contribution is -0.143. The molecule has 0 heterocycles. The average molecular weight is 427 g/mol. The maximum atomic E-state index is 12.9. The van der Waals surface area contributed by atoms with Gasteiger partial charge in [0.1, 0.15) is 0 Å². The van der Waals surface area contributed by atoms with E-state index in [1.807, 2.05) is 5.32 Å². The molecular weight excluding hydrogens is 416 g/mol. The summed E-state index contributed by atoms with van der Waals surface area (Å²) in [7, 11) is -4.66. The first-order valence-electron chi connectivity index (χ1n) is 7.28. The van der Waals surface area contributed by atoms with Crippen molar-refractivity contribution in [2.24, 2.45) is 0 Å². The molecule has 28 heavy (non-hydrogen) atoms. The molecule has 2 N–H and O–H groups in total. The molecule has 0 fully saturated rings. The van der Waals surface area contributed by atoms with E-state index in [-0.39, 0.29) is 29.4 Å². The minimum atomic E-state index is -5.13. The fourth-order valence-electron chi connectivity index (χ4n) is 2.25. The molecule has 0 aliphatic heterocycles. The molecule has 0 aliphatic rings. The number of rotatable bonds is 3. The van der Waals surface area contributed by atoms with Gasteiger partial charge in [0.25, 0.3) is 16.0 Å². The van der Waals surface area contributed by atoms with E-state index in [1.54, 1.807) is 0 Å². The third-order valence-corrected chi connectivity index (χ3v) is 4.57. The molecule has 0 radical (unpaired) electrons. The summed E-state index contributed by atoms with van der Waals surface area (Å²) < 4.78 is 109. The predicted octanol–water partition coefficient (Wildman–Crippen LogP) is 4.53. The van der Waals surface area contributed by atoms with Crippen molar-refractivity contribution in [2.45, 2.75) is 24.2 Å². The maximum absolute atomic E-state index is 12.9. The van der Waals surface area contributed by atoms with Crippen LogP contribution in [0.3, 0.4) is 0 Å². The van der Waals surface area contributed by atoms with Crippen LogP contribution in [0.25, 0.3) is 0 Å². The molecule has 1 amide bonds. The van der Waals surface area contributed by atoms with Crippen LogP contribution in [0, 0.1) is 6.92 Å². The summed E-state index contributed by atoms with van der Waals surface area (Å²) in [5, 5.41) is 2.01. The van der Waals surface area contributed by atoms with Gasteiger partial charge in [-0.3, -0.25) is 9.35 Å². The Kier molecular flexibility index (Phi) is 5.50. The molecular formula is C16H11F6NO4S. The number of amides is 1. The third kappa shape index (κ3) is 5.01. The Morgan fingerprint density at radius 3 is 1.86 bits per heavy atom. The van der Waals surface area contributed by atoms with Crippen molar-refractivity contribution >= 4 is 21.7 Å². The van der Waals surface area contributed by atoms with Crippen LogP contribution >= 0.6 is 0 Å². The monoisotopic (exact) mass is 427 g/mol. The summed E-state index contributed by atoms with van der Waals surface area (Å²) in [4.78, 5) is 11.6. The number of benzene rings is 2. The van der Waals surface area contributed by atoms with Gasteiger partial charge in [0.05, 0.1) is 16.0 Å². The van der Waals surface area contributed by atoms with Crippen molar-refractivity contribution in [1.82, 2.24) is 0 Å². The lowest BCUT2D eigenvalue weighted by atomic mass is 10.0. The van der Waals surface area contributed by atoms with Crippen molar-refractivity contribution in [1.29, 1.82) is 0 Å². The van der Waals surface area contributed by atoms with Gasteiger partial charge >= 0.3 is 12.4 Å². The van der Waals surface area contributed by atoms with Crippen LogP contribution in [0.15, 0.2) is 41.3 Å². The number of anilines is 1. The van der Waals surface area contributed by atoms with Gasteiger partial charge < -0.3 is 5.32 Å². The highest BCUT2D eigenvalue weighted by Crippen LogP contribution is 2.36. The molecule has 0 spiro atoms. The Morgan fingerprint density at radius 1 is 0.929 bits per heavy atom. The van der Waals surface area contributed by atoms with Crippen LogP contribution < -0.4 is 5.32 Å². The van der Waals surface area contributed by atoms with E-state index < -0.39 is 50.0 Å². The minimum Gasteiger partial charge on any atom is -0.322 e. The smallest absolute Gasteiger partial charge is 0.322 e. The molecule has 2 rings (SSSR count). The summed E-state index contributed by atoms with van der Waals surface area (Å²) >= 11 is 0. The number of nitrogens with one attached hydrogen (secondary N) is 1. The van der Waals surface area contributed by atoms with E-state index in [4.69, 9.17) is 4.55 Å². The summed E-state index contributed by atoms with van der Waals surface area (Å²) in [6, 6.07) is 3.52. The molecule has 0 unspecified atom stereocenters.